The van der Waals surface area contributed by atoms with Gasteiger partial charge in [-0.05, 0) is 12.8 Å². The molecule has 5 heavy (non-hydrogen) atoms. The van der Waals surface area contributed by atoms with Crippen LogP contribution in [0.1, 0.15) is 12.8 Å². The summed E-state index contributed by atoms with van der Waals surface area (Å²) in [5.41, 5.74) is 0. The fourth-order valence-corrected chi connectivity index (χ4v) is 1.01. The zero-order valence-electron chi connectivity index (χ0n) is 3.49. The highest BCUT2D eigenvalue weighted by atomic mass is 28.1. The number of hydrogen-bond donors (Lipinski definition) is 0. The van der Waals surface area contributed by atoms with E-state index in [0.29, 0.717) is 0 Å². The van der Waals surface area contributed by atoms with E-state index in [9.17, 15) is 0 Å². The smallest absolute Gasteiger partial charge is 0.0329 e. The quantitative estimate of drug-likeness (QED) is 0.363. The molecule has 0 aliphatic heterocycles. The molecule has 0 saturated carbocycles. The lowest BCUT2D eigenvalue weighted by Crippen LogP contribution is -1.89. The fraction of sp³-hybridized carbons (Fsp3) is 0.500. The van der Waals surface area contributed by atoms with Crippen LogP contribution in [0.15, 0.2) is 11.3 Å². The first-order valence-electron chi connectivity index (χ1n) is 2.05. The first-order chi connectivity index (χ1) is 2.39. The molecule has 1 aliphatic carbocycles. The molecule has 0 saturated heterocycles. The average Bonchev–Trinajstić information content (AvgIpc) is 1.30. The molecule has 1 aliphatic rings. The summed E-state index contributed by atoms with van der Waals surface area (Å²) >= 11 is 0. The zero-order chi connectivity index (χ0) is 3.70. The minimum absolute atomic E-state index is 1.32. The molecule has 0 amide bonds. The van der Waals surface area contributed by atoms with Gasteiger partial charge in [-0.3, -0.25) is 0 Å². The third-order valence-electron chi connectivity index (χ3n) is 1.03. The molecule has 0 aromatic heterocycles. The van der Waals surface area contributed by atoms with E-state index in [1.54, 1.807) is 5.20 Å². The minimum atomic E-state index is 1.32. The summed E-state index contributed by atoms with van der Waals surface area (Å²) < 4.78 is 0. The maximum Gasteiger partial charge on any atom is 0.0329 e. The van der Waals surface area contributed by atoms with Gasteiger partial charge in [-0.25, -0.2) is 0 Å². The third-order valence-corrected chi connectivity index (χ3v) is 1.94. The second-order valence-corrected chi connectivity index (χ2v) is 2.87. The van der Waals surface area contributed by atoms with Crippen LogP contribution in [0, 0.1) is 0 Å². The molecule has 0 nitrogen and oxygen atoms in total. The van der Waals surface area contributed by atoms with Crippen molar-refractivity contribution in [2.24, 2.45) is 0 Å². The van der Waals surface area contributed by atoms with Gasteiger partial charge in [0.25, 0.3) is 0 Å². The highest BCUT2D eigenvalue weighted by Gasteiger charge is 1.94. The Balaban J connectivity index is 2.51. The second kappa shape index (κ2) is 0.975. The largest absolute Gasteiger partial charge is 0.0953 e. The van der Waals surface area contributed by atoms with Crippen molar-refractivity contribution in [3.63, 3.8) is 0 Å². The summed E-state index contributed by atoms with van der Waals surface area (Å²) in [6.45, 7) is 0. The van der Waals surface area contributed by atoms with Gasteiger partial charge >= 0.3 is 0 Å². The first kappa shape index (κ1) is 3.16. The molecule has 0 N–H and O–H groups in total. The molecule has 0 heterocycles. The molecule has 0 aromatic rings. The molecule has 0 spiro atoms. The first-order valence-corrected chi connectivity index (χ1v) is 3.05. The van der Waals surface area contributed by atoms with Gasteiger partial charge in [0.05, 0.1) is 0 Å². The molecule has 1 rings (SSSR count). The monoisotopic (exact) mass is 84.0 g/mol. The summed E-state index contributed by atoms with van der Waals surface area (Å²) in [5.74, 6) is 0. The Kier molecular flexibility index (Phi) is 0.616. The summed E-state index contributed by atoms with van der Waals surface area (Å²) in [6, 6.07) is 0. The average molecular weight is 84.2 g/mol. The van der Waals surface area contributed by atoms with Crippen molar-refractivity contribution >= 4 is 10.2 Å². The van der Waals surface area contributed by atoms with Gasteiger partial charge in [0, 0.05) is 10.2 Å². The Morgan fingerprint density at radius 2 is 2.20 bits per heavy atom. The van der Waals surface area contributed by atoms with E-state index in [1.165, 1.54) is 23.1 Å². The van der Waals surface area contributed by atoms with E-state index in [4.69, 9.17) is 0 Å². The fourth-order valence-electron chi connectivity index (χ4n) is 0.433. The number of allylic oxidation sites excluding steroid dienone is 2. The van der Waals surface area contributed by atoms with Crippen LogP contribution in [0.5, 0.6) is 0 Å². The molecule has 0 aromatic carbocycles. The molecule has 1 heteroatoms. The van der Waals surface area contributed by atoms with Crippen molar-refractivity contribution in [2.75, 3.05) is 0 Å². The SMILES string of the molecule is [SiH3]C1=CCC1. The van der Waals surface area contributed by atoms with Crippen molar-refractivity contribution in [3.05, 3.63) is 11.3 Å². The van der Waals surface area contributed by atoms with Gasteiger partial charge in [0.2, 0.25) is 0 Å². The van der Waals surface area contributed by atoms with E-state index in [1.807, 2.05) is 0 Å². The summed E-state index contributed by atoms with van der Waals surface area (Å²) in [5, 5.41) is 1.70. The van der Waals surface area contributed by atoms with Crippen molar-refractivity contribution in [1.82, 2.24) is 0 Å². The van der Waals surface area contributed by atoms with E-state index in [2.05, 4.69) is 6.08 Å². The molecule has 0 unspecified atom stereocenters. The Morgan fingerprint density at radius 3 is 2.20 bits per heavy atom. The van der Waals surface area contributed by atoms with Crippen molar-refractivity contribution < 1.29 is 0 Å². The summed E-state index contributed by atoms with van der Waals surface area (Å²) in [6.07, 6.45) is 5.09. The van der Waals surface area contributed by atoms with Gasteiger partial charge in [-0.15, -0.1) is 0 Å². The maximum absolute atomic E-state index is 2.33. The molecular formula is C4H8Si. The van der Waals surface area contributed by atoms with Gasteiger partial charge in [0.15, 0.2) is 0 Å². The summed E-state index contributed by atoms with van der Waals surface area (Å²) in [4.78, 5) is 0. The normalized spacial score (nSPS) is 21.2. The lowest BCUT2D eigenvalue weighted by molar-refractivity contribution is 0.937. The Labute approximate surface area is 35.3 Å². The van der Waals surface area contributed by atoms with Crippen LogP contribution in [0.3, 0.4) is 0 Å². The van der Waals surface area contributed by atoms with Crippen LogP contribution in [-0.2, 0) is 0 Å². The summed E-state index contributed by atoms with van der Waals surface area (Å²) in [7, 11) is 1.32. The van der Waals surface area contributed by atoms with E-state index >= 15 is 0 Å². The number of hydrogen-bond acceptors (Lipinski definition) is 0. The highest BCUT2D eigenvalue weighted by molar-refractivity contribution is 6.22. The predicted octanol–water partition coefficient (Wildman–Crippen LogP) is 0.0295. The van der Waals surface area contributed by atoms with Crippen LogP contribution >= 0.6 is 0 Å². The minimum Gasteiger partial charge on any atom is -0.0953 e. The number of rotatable bonds is 0. The molecule has 28 valence electrons. The van der Waals surface area contributed by atoms with E-state index in [0.717, 1.165) is 0 Å². The lowest BCUT2D eigenvalue weighted by Gasteiger charge is -2.05. The topological polar surface area (TPSA) is 0 Å². The standard InChI is InChI=1S/C4H8Si/c5-4-2-1-3-4/h2H,1,3H2,5H3. The van der Waals surface area contributed by atoms with Crippen LogP contribution in [0.2, 0.25) is 0 Å². The molecule has 0 radical (unpaired) electrons. The molecule has 0 fully saturated rings. The molecular weight excluding hydrogens is 76.1 g/mol. The lowest BCUT2D eigenvalue weighted by atomic mass is 10.1. The Hall–Kier alpha value is -0.0431. The molecule has 0 atom stereocenters. The van der Waals surface area contributed by atoms with Gasteiger partial charge in [-0.2, -0.15) is 0 Å². The Bertz CT molecular complexity index is 64.0. The van der Waals surface area contributed by atoms with Crippen LogP contribution in [0.25, 0.3) is 0 Å². The second-order valence-electron chi connectivity index (χ2n) is 1.59. The van der Waals surface area contributed by atoms with Gasteiger partial charge < -0.3 is 0 Å². The third kappa shape index (κ3) is 0.427. The van der Waals surface area contributed by atoms with Crippen molar-refractivity contribution in [3.8, 4) is 0 Å². The van der Waals surface area contributed by atoms with Crippen LogP contribution < -0.4 is 0 Å². The van der Waals surface area contributed by atoms with Crippen LogP contribution in [0.4, 0.5) is 0 Å². The zero-order valence-corrected chi connectivity index (χ0v) is 5.49. The van der Waals surface area contributed by atoms with Gasteiger partial charge in [0.1, 0.15) is 0 Å². The van der Waals surface area contributed by atoms with Crippen molar-refractivity contribution in [1.29, 1.82) is 0 Å². The predicted molar refractivity (Wildman–Crippen MR) is 27.3 cm³/mol. The maximum atomic E-state index is 2.33. The Morgan fingerprint density at radius 1 is 1.80 bits per heavy atom. The van der Waals surface area contributed by atoms with Crippen molar-refractivity contribution in [2.45, 2.75) is 12.8 Å². The highest BCUT2D eigenvalue weighted by Crippen LogP contribution is 2.11. The van der Waals surface area contributed by atoms with E-state index < -0.39 is 0 Å². The van der Waals surface area contributed by atoms with E-state index in [-0.39, 0.29) is 0 Å². The van der Waals surface area contributed by atoms with Gasteiger partial charge in [-0.1, -0.05) is 11.3 Å². The van der Waals surface area contributed by atoms with Crippen LogP contribution in [-0.4, -0.2) is 10.2 Å². The molecule has 0 bridgehead atoms.